The molecule has 0 fully saturated rings. The van der Waals surface area contributed by atoms with Crippen LogP contribution in [0.5, 0.6) is 0 Å². The Bertz CT molecular complexity index is 744. The average Bonchev–Trinajstić information content (AvgIpc) is 2.83. The molecule has 0 atom stereocenters. The quantitative estimate of drug-likeness (QED) is 0.715. The van der Waals surface area contributed by atoms with E-state index in [9.17, 15) is 0 Å². The second kappa shape index (κ2) is 4.99. The highest BCUT2D eigenvalue weighted by Gasteiger charge is 2.09. The zero-order valence-corrected chi connectivity index (χ0v) is 11.4. The fourth-order valence-corrected chi connectivity index (χ4v) is 2.27. The molecule has 0 amide bonds. The number of nitrogens with one attached hydrogen (secondary N) is 1. The van der Waals surface area contributed by atoms with Crippen LogP contribution < -0.4 is 0 Å². The van der Waals surface area contributed by atoms with Gasteiger partial charge in [0.05, 0.1) is 5.69 Å². The van der Waals surface area contributed by atoms with Gasteiger partial charge in [-0.2, -0.15) is 5.10 Å². The second-order valence-electron chi connectivity index (χ2n) is 4.03. The van der Waals surface area contributed by atoms with E-state index in [1.54, 1.807) is 0 Å². The molecule has 0 spiro atoms. The first-order valence-corrected chi connectivity index (χ1v) is 6.53. The summed E-state index contributed by atoms with van der Waals surface area (Å²) in [5, 5.41) is 7.82. The monoisotopic (exact) mass is 287 g/mol. The summed E-state index contributed by atoms with van der Waals surface area (Å²) in [4.78, 5) is 0. The van der Waals surface area contributed by atoms with Crippen LogP contribution in [-0.2, 0) is 0 Å². The first-order valence-electron chi connectivity index (χ1n) is 5.74. The first-order chi connectivity index (χ1) is 9.25. The number of halogens is 1. The van der Waals surface area contributed by atoms with Crippen LogP contribution in [0.25, 0.3) is 17.1 Å². The molecule has 94 valence electrons. The maximum absolute atomic E-state index is 5.91. The van der Waals surface area contributed by atoms with Gasteiger partial charge in [0, 0.05) is 10.6 Å². The third-order valence-electron chi connectivity index (χ3n) is 2.79. The number of nitrogens with zero attached hydrogens (tertiary/aromatic N) is 2. The largest absolute Gasteiger partial charge is 0.268 e. The van der Waals surface area contributed by atoms with E-state index in [1.807, 2.05) is 59.2 Å². The number of hydrogen-bond acceptors (Lipinski definition) is 2. The molecule has 0 aliphatic heterocycles. The van der Waals surface area contributed by atoms with Gasteiger partial charge in [-0.05, 0) is 36.5 Å². The van der Waals surface area contributed by atoms with Crippen LogP contribution in [0, 0.1) is 4.77 Å². The van der Waals surface area contributed by atoms with Gasteiger partial charge in [-0.15, -0.1) is 0 Å². The summed E-state index contributed by atoms with van der Waals surface area (Å²) in [6, 6.07) is 17.4. The van der Waals surface area contributed by atoms with Gasteiger partial charge < -0.3 is 0 Å². The predicted octanol–water partition coefficient (Wildman–Crippen LogP) is 4.25. The number of rotatable bonds is 2. The minimum Gasteiger partial charge on any atom is -0.268 e. The Labute approximate surface area is 120 Å². The number of aromatic nitrogens is 3. The van der Waals surface area contributed by atoms with Crippen molar-refractivity contribution in [1.82, 2.24) is 14.8 Å². The van der Waals surface area contributed by atoms with Gasteiger partial charge in [0.2, 0.25) is 0 Å². The number of benzene rings is 2. The number of hydrogen-bond donors (Lipinski definition) is 1. The normalized spacial score (nSPS) is 10.6. The van der Waals surface area contributed by atoms with Crippen LogP contribution in [0.15, 0.2) is 54.6 Å². The van der Waals surface area contributed by atoms with Crippen molar-refractivity contribution in [3.05, 3.63) is 64.4 Å². The van der Waals surface area contributed by atoms with Gasteiger partial charge in [0.15, 0.2) is 10.6 Å². The predicted molar refractivity (Wildman–Crippen MR) is 79.2 cm³/mol. The van der Waals surface area contributed by atoms with Crippen LogP contribution in [0.4, 0.5) is 0 Å². The maximum atomic E-state index is 5.91. The Morgan fingerprint density at radius 1 is 1.00 bits per heavy atom. The summed E-state index contributed by atoms with van der Waals surface area (Å²) in [6.07, 6.45) is 0. The van der Waals surface area contributed by atoms with Gasteiger partial charge in [0.1, 0.15) is 0 Å². The maximum Gasteiger partial charge on any atom is 0.200 e. The van der Waals surface area contributed by atoms with Crippen LogP contribution in [0.1, 0.15) is 0 Å². The molecule has 0 saturated heterocycles. The highest BCUT2D eigenvalue weighted by Crippen LogP contribution is 2.22. The molecule has 0 aliphatic carbocycles. The summed E-state index contributed by atoms with van der Waals surface area (Å²) >= 11 is 11.2. The highest BCUT2D eigenvalue weighted by atomic mass is 35.5. The van der Waals surface area contributed by atoms with Crippen LogP contribution >= 0.6 is 23.8 Å². The molecule has 0 aliphatic rings. The molecule has 1 aromatic heterocycles. The fraction of sp³-hybridized carbons (Fsp3) is 0. The Morgan fingerprint density at radius 2 is 1.68 bits per heavy atom. The van der Waals surface area contributed by atoms with E-state index in [0.717, 1.165) is 17.1 Å². The minimum absolute atomic E-state index is 0.557. The summed E-state index contributed by atoms with van der Waals surface area (Å²) in [7, 11) is 0. The third kappa shape index (κ3) is 2.32. The lowest BCUT2D eigenvalue weighted by molar-refractivity contribution is 1.04. The van der Waals surface area contributed by atoms with E-state index >= 15 is 0 Å². The molecule has 3 nitrogen and oxygen atoms in total. The topological polar surface area (TPSA) is 33.6 Å². The Balaban J connectivity index is 2.19. The summed E-state index contributed by atoms with van der Waals surface area (Å²) in [5.74, 6) is 0.785. The van der Waals surface area contributed by atoms with Gasteiger partial charge in [0.25, 0.3) is 0 Å². The molecular formula is C14H10ClN3S. The molecule has 19 heavy (non-hydrogen) atoms. The van der Waals surface area contributed by atoms with Gasteiger partial charge >= 0.3 is 0 Å². The molecular weight excluding hydrogens is 278 g/mol. The smallest absolute Gasteiger partial charge is 0.200 e. The molecule has 0 unspecified atom stereocenters. The van der Waals surface area contributed by atoms with Crippen molar-refractivity contribution in [1.29, 1.82) is 0 Å². The van der Waals surface area contributed by atoms with E-state index in [1.165, 1.54) is 0 Å². The summed E-state index contributed by atoms with van der Waals surface area (Å²) in [6.45, 7) is 0. The van der Waals surface area contributed by atoms with E-state index in [4.69, 9.17) is 23.8 Å². The van der Waals surface area contributed by atoms with E-state index in [-0.39, 0.29) is 0 Å². The van der Waals surface area contributed by atoms with E-state index in [0.29, 0.717) is 9.79 Å². The van der Waals surface area contributed by atoms with Crippen molar-refractivity contribution >= 4 is 23.8 Å². The van der Waals surface area contributed by atoms with Crippen molar-refractivity contribution in [2.75, 3.05) is 0 Å². The molecule has 0 bridgehead atoms. The minimum atomic E-state index is 0.557. The molecule has 0 radical (unpaired) electrons. The molecule has 5 heteroatoms. The molecule has 1 N–H and O–H groups in total. The highest BCUT2D eigenvalue weighted by molar-refractivity contribution is 7.71. The van der Waals surface area contributed by atoms with Crippen molar-refractivity contribution in [2.24, 2.45) is 0 Å². The van der Waals surface area contributed by atoms with Crippen molar-refractivity contribution in [3.63, 3.8) is 0 Å². The molecule has 2 aromatic carbocycles. The van der Waals surface area contributed by atoms with E-state index in [2.05, 4.69) is 10.2 Å². The molecule has 1 heterocycles. The number of H-pyrrole nitrogens is 1. The van der Waals surface area contributed by atoms with Gasteiger partial charge in [-0.3, -0.25) is 9.67 Å². The van der Waals surface area contributed by atoms with Crippen molar-refractivity contribution in [2.45, 2.75) is 0 Å². The lowest BCUT2D eigenvalue weighted by atomic mass is 10.2. The van der Waals surface area contributed by atoms with Gasteiger partial charge in [-0.25, -0.2) is 0 Å². The third-order valence-corrected chi connectivity index (χ3v) is 3.31. The standard InChI is InChI=1S/C14H10ClN3S/c15-11-6-8-12(9-7-11)18-13(16-17-14(18)19)10-4-2-1-3-5-10/h1-9H,(H,17,19). The zero-order chi connectivity index (χ0) is 13.2. The van der Waals surface area contributed by atoms with Gasteiger partial charge in [-0.1, -0.05) is 41.9 Å². The van der Waals surface area contributed by atoms with E-state index < -0.39 is 0 Å². The van der Waals surface area contributed by atoms with Crippen LogP contribution in [-0.4, -0.2) is 14.8 Å². The number of aromatic amines is 1. The van der Waals surface area contributed by atoms with Crippen molar-refractivity contribution in [3.8, 4) is 17.1 Å². The second-order valence-corrected chi connectivity index (χ2v) is 4.85. The molecule has 3 rings (SSSR count). The first kappa shape index (κ1) is 12.1. The average molecular weight is 288 g/mol. The Morgan fingerprint density at radius 3 is 2.37 bits per heavy atom. The fourth-order valence-electron chi connectivity index (χ4n) is 1.91. The SMILES string of the molecule is S=c1[nH]nc(-c2ccccc2)n1-c1ccc(Cl)cc1. The zero-order valence-electron chi connectivity index (χ0n) is 9.88. The van der Waals surface area contributed by atoms with Crippen LogP contribution in [0.3, 0.4) is 0 Å². The lowest BCUT2D eigenvalue weighted by Crippen LogP contribution is -1.97. The van der Waals surface area contributed by atoms with Crippen molar-refractivity contribution < 1.29 is 0 Å². The molecule has 0 saturated carbocycles. The Hall–Kier alpha value is -1.91. The summed E-state index contributed by atoms with van der Waals surface area (Å²) < 4.78 is 2.45. The lowest BCUT2D eigenvalue weighted by Gasteiger charge is -2.06. The molecule has 3 aromatic rings. The Kier molecular flexibility index (Phi) is 3.19. The van der Waals surface area contributed by atoms with Crippen LogP contribution in [0.2, 0.25) is 5.02 Å². The summed E-state index contributed by atoms with van der Waals surface area (Å²) in [5.41, 5.74) is 1.94.